The van der Waals surface area contributed by atoms with Gasteiger partial charge < -0.3 is 0 Å². The minimum Gasteiger partial charge on any atom is -0.0623 e. The van der Waals surface area contributed by atoms with E-state index in [-0.39, 0.29) is 23.1 Å². The minimum absolute atomic E-state index is 0. The van der Waals surface area contributed by atoms with Gasteiger partial charge in [0.2, 0.25) is 0 Å². The lowest BCUT2D eigenvalue weighted by atomic mass is 10.4. The highest BCUT2D eigenvalue weighted by Crippen LogP contribution is 1.79. The molecule has 0 atom stereocenters. The van der Waals surface area contributed by atoms with Gasteiger partial charge in [-0.25, -0.2) is 0 Å². The maximum atomic E-state index is 2.00. The van der Waals surface area contributed by atoms with E-state index in [2.05, 4.69) is 0 Å². The Morgan fingerprint density at radius 3 is 0.714 bits per heavy atom. The molecule has 0 bridgehead atoms. The Morgan fingerprint density at radius 2 is 0.571 bits per heavy atom. The van der Waals surface area contributed by atoms with Gasteiger partial charge >= 0.3 is 0 Å². The van der Waals surface area contributed by atoms with Crippen molar-refractivity contribution in [3.8, 4) is 0 Å². The SMILES string of the molecule is [Mg].c1ccccc1. The fourth-order valence-electron chi connectivity index (χ4n) is 0.385. The van der Waals surface area contributed by atoms with Gasteiger partial charge in [-0.1, -0.05) is 36.4 Å². The normalized spacial score (nSPS) is 6.86. The average Bonchev–Trinajstić information content (AvgIpc) is 1.72. The molecule has 1 heteroatoms. The third kappa shape index (κ3) is 2.65. The first kappa shape index (κ1) is 6.99. The highest BCUT2D eigenvalue weighted by atomic mass is 24.3. The second-order valence-corrected chi connectivity index (χ2v) is 1.15. The van der Waals surface area contributed by atoms with Crippen molar-refractivity contribution in [3.05, 3.63) is 36.4 Å². The fourth-order valence-corrected chi connectivity index (χ4v) is 0.385. The van der Waals surface area contributed by atoms with Crippen molar-refractivity contribution in [1.82, 2.24) is 0 Å². The van der Waals surface area contributed by atoms with Gasteiger partial charge in [0.15, 0.2) is 0 Å². The van der Waals surface area contributed by atoms with Crippen LogP contribution in [0.3, 0.4) is 0 Å². The van der Waals surface area contributed by atoms with Crippen molar-refractivity contribution in [3.63, 3.8) is 0 Å². The van der Waals surface area contributed by atoms with Crippen LogP contribution >= 0.6 is 0 Å². The van der Waals surface area contributed by atoms with E-state index in [1.54, 1.807) is 0 Å². The van der Waals surface area contributed by atoms with Gasteiger partial charge in [0.25, 0.3) is 0 Å². The smallest absolute Gasteiger partial charge is 0 e. The number of rotatable bonds is 0. The Kier molecular flexibility index (Phi) is 4.15. The van der Waals surface area contributed by atoms with Gasteiger partial charge in [-0.3, -0.25) is 0 Å². The molecule has 0 N–H and O–H groups in total. The van der Waals surface area contributed by atoms with Crippen LogP contribution in [0.15, 0.2) is 36.4 Å². The van der Waals surface area contributed by atoms with Crippen LogP contribution in [0, 0.1) is 0 Å². The first-order chi connectivity index (χ1) is 3.00. The third-order valence-corrected chi connectivity index (χ3v) is 0.667. The molecule has 0 aromatic heterocycles. The molecule has 0 unspecified atom stereocenters. The summed E-state index contributed by atoms with van der Waals surface area (Å²) in [5.74, 6) is 0. The highest BCUT2D eigenvalue weighted by molar-refractivity contribution is 5.75. The van der Waals surface area contributed by atoms with Gasteiger partial charge in [-0.05, 0) is 0 Å². The van der Waals surface area contributed by atoms with Crippen LogP contribution < -0.4 is 0 Å². The summed E-state index contributed by atoms with van der Waals surface area (Å²) in [5.41, 5.74) is 0. The zero-order valence-electron chi connectivity index (χ0n) is 4.17. The van der Waals surface area contributed by atoms with E-state index in [1.165, 1.54) is 0 Å². The van der Waals surface area contributed by atoms with E-state index < -0.39 is 0 Å². The molecular weight excluding hydrogens is 96.4 g/mol. The van der Waals surface area contributed by atoms with Gasteiger partial charge in [0.1, 0.15) is 0 Å². The summed E-state index contributed by atoms with van der Waals surface area (Å²) in [7, 11) is 0. The van der Waals surface area contributed by atoms with Crippen molar-refractivity contribution in [2.24, 2.45) is 0 Å². The van der Waals surface area contributed by atoms with Crippen molar-refractivity contribution in [1.29, 1.82) is 0 Å². The minimum atomic E-state index is 0. The van der Waals surface area contributed by atoms with E-state index in [9.17, 15) is 0 Å². The lowest BCUT2D eigenvalue weighted by molar-refractivity contribution is 1.72. The Labute approximate surface area is 59.7 Å². The maximum absolute atomic E-state index is 2.00. The van der Waals surface area contributed by atoms with E-state index in [0.717, 1.165) is 0 Å². The number of hydrogen-bond acceptors (Lipinski definition) is 0. The molecule has 1 aromatic carbocycles. The molecule has 0 heterocycles. The first-order valence-corrected chi connectivity index (χ1v) is 2.00. The zero-order valence-corrected chi connectivity index (χ0v) is 5.59. The quantitative estimate of drug-likeness (QED) is 0.433. The molecule has 0 saturated heterocycles. The summed E-state index contributed by atoms with van der Waals surface area (Å²) in [5, 5.41) is 0. The molecule has 2 radical (unpaired) electrons. The Balaban J connectivity index is 0.000000360. The molecule has 0 aliphatic heterocycles. The van der Waals surface area contributed by atoms with Crippen LogP contribution in [0.2, 0.25) is 0 Å². The molecule has 0 aliphatic rings. The summed E-state index contributed by atoms with van der Waals surface area (Å²) >= 11 is 0. The van der Waals surface area contributed by atoms with Gasteiger partial charge in [0, 0.05) is 23.1 Å². The van der Waals surface area contributed by atoms with Crippen molar-refractivity contribution < 1.29 is 0 Å². The van der Waals surface area contributed by atoms with Crippen molar-refractivity contribution in [2.75, 3.05) is 0 Å². The second-order valence-electron chi connectivity index (χ2n) is 1.15. The molecule has 0 nitrogen and oxygen atoms in total. The first-order valence-electron chi connectivity index (χ1n) is 2.00. The molecule has 0 fully saturated rings. The van der Waals surface area contributed by atoms with Crippen LogP contribution in [0.4, 0.5) is 0 Å². The molecule has 1 aromatic rings. The van der Waals surface area contributed by atoms with Gasteiger partial charge in [-0.15, -0.1) is 0 Å². The predicted molar refractivity (Wildman–Crippen MR) is 32.2 cm³/mol. The topological polar surface area (TPSA) is 0 Å². The molecule has 32 valence electrons. The van der Waals surface area contributed by atoms with Crippen LogP contribution in [0.1, 0.15) is 0 Å². The Morgan fingerprint density at radius 1 is 0.429 bits per heavy atom. The largest absolute Gasteiger partial charge is 0.0623 e. The highest BCUT2D eigenvalue weighted by Gasteiger charge is 1.57. The van der Waals surface area contributed by atoms with E-state index in [1.807, 2.05) is 36.4 Å². The molecule has 0 amide bonds. The Bertz CT molecular complexity index is 76.1. The van der Waals surface area contributed by atoms with Crippen molar-refractivity contribution in [2.45, 2.75) is 0 Å². The lowest BCUT2D eigenvalue weighted by Crippen LogP contribution is -1.47. The van der Waals surface area contributed by atoms with Gasteiger partial charge in [-0.2, -0.15) is 0 Å². The predicted octanol–water partition coefficient (Wildman–Crippen LogP) is 1.31. The molecule has 0 saturated carbocycles. The van der Waals surface area contributed by atoms with Crippen molar-refractivity contribution >= 4 is 23.1 Å². The van der Waals surface area contributed by atoms with Gasteiger partial charge in [0.05, 0.1) is 0 Å². The summed E-state index contributed by atoms with van der Waals surface area (Å²) in [4.78, 5) is 0. The lowest BCUT2D eigenvalue weighted by Gasteiger charge is -1.69. The molecular formula is C6H6Mg. The summed E-state index contributed by atoms with van der Waals surface area (Å²) in [6, 6.07) is 12.0. The molecule has 0 aliphatic carbocycles. The number of hydrogen-bond donors (Lipinski definition) is 0. The standard InChI is InChI=1S/C6H6.Mg/c1-2-4-6-5-3-1;/h1-6H;. The summed E-state index contributed by atoms with van der Waals surface area (Å²) in [6.45, 7) is 0. The maximum Gasteiger partial charge on any atom is 0 e. The Hall–Kier alpha value is -0.0138. The van der Waals surface area contributed by atoms with Crippen LogP contribution in [0.25, 0.3) is 0 Å². The second kappa shape index (κ2) is 4.15. The monoisotopic (exact) mass is 102 g/mol. The molecule has 7 heavy (non-hydrogen) atoms. The third-order valence-electron chi connectivity index (χ3n) is 0.667. The van der Waals surface area contributed by atoms with E-state index in [0.29, 0.717) is 0 Å². The molecule has 1 rings (SSSR count). The summed E-state index contributed by atoms with van der Waals surface area (Å²) < 4.78 is 0. The zero-order chi connectivity index (χ0) is 4.24. The van der Waals surface area contributed by atoms with E-state index in [4.69, 9.17) is 0 Å². The molecule has 0 spiro atoms. The van der Waals surface area contributed by atoms with Crippen LogP contribution in [-0.4, -0.2) is 23.1 Å². The van der Waals surface area contributed by atoms with Crippen LogP contribution in [-0.2, 0) is 0 Å². The fraction of sp³-hybridized carbons (Fsp3) is 0. The summed E-state index contributed by atoms with van der Waals surface area (Å²) in [6.07, 6.45) is 0. The van der Waals surface area contributed by atoms with Crippen LogP contribution in [0.5, 0.6) is 0 Å². The van der Waals surface area contributed by atoms with E-state index >= 15 is 0 Å². The number of benzene rings is 1. The average molecular weight is 102 g/mol.